The zero-order chi connectivity index (χ0) is 12.8. The van der Waals surface area contributed by atoms with Gasteiger partial charge in [0, 0.05) is 13.6 Å². The van der Waals surface area contributed by atoms with Crippen LogP contribution in [-0.4, -0.2) is 55.5 Å². The first-order valence-electron chi connectivity index (χ1n) is 6.73. The molecule has 0 bridgehead atoms. The van der Waals surface area contributed by atoms with Crippen LogP contribution in [0.4, 0.5) is 0 Å². The van der Waals surface area contributed by atoms with Gasteiger partial charge in [0.25, 0.3) is 0 Å². The average Bonchev–Trinajstić information content (AvgIpc) is 2.31. The molecule has 0 saturated carbocycles. The normalized spacial score (nSPS) is 20.2. The third-order valence-electron chi connectivity index (χ3n) is 3.66. The number of piperidine rings is 1. The van der Waals surface area contributed by atoms with Gasteiger partial charge in [-0.2, -0.15) is 0 Å². The SMILES string of the molecule is CCCC(N)C(=O)N(C)CC1CCN(C)CC1. The van der Waals surface area contributed by atoms with Gasteiger partial charge in [0.05, 0.1) is 6.04 Å². The molecule has 1 aliphatic rings. The Balaban J connectivity index is 2.32. The summed E-state index contributed by atoms with van der Waals surface area (Å²) in [5, 5.41) is 0. The molecule has 0 aromatic rings. The first-order chi connectivity index (χ1) is 8.04. The number of carbonyl (C=O) groups excluding carboxylic acids is 1. The van der Waals surface area contributed by atoms with E-state index in [4.69, 9.17) is 5.73 Å². The molecule has 0 aliphatic carbocycles. The van der Waals surface area contributed by atoms with Crippen LogP contribution in [0.5, 0.6) is 0 Å². The Labute approximate surface area is 105 Å². The lowest BCUT2D eigenvalue weighted by atomic mass is 9.96. The Morgan fingerprint density at radius 3 is 2.59 bits per heavy atom. The maximum absolute atomic E-state index is 12.0. The zero-order valence-corrected chi connectivity index (χ0v) is 11.5. The zero-order valence-electron chi connectivity index (χ0n) is 11.5. The van der Waals surface area contributed by atoms with Gasteiger partial charge in [-0.25, -0.2) is 0 Å². The van der Waals surface area contributed by atoms with Crippen LogP contribution in [0.2, 0.25) is 0 Å². The van der Waals surface area contributed by atoms with E-state index in [1.165, 1.54) is 12.8 Å². The summed E-state index contributed by atoms with van der Waals surface area (Å²) >= 11 is 0. The van der Waals surface area contributed by atoms with Crippen LogP contribution < -0.4 is 5.73 Å². The number of hydrogen-bond donors (Lipinski definition) is 1. The van der Waals surface area contributed by atoms with Gasteiger partial charge in [0.1, 0.15) is 0 Å². The highest BCUT2D eigenvalue weighted by Gasteiger charge is 2.22. The van der Waals surface area contributed by atoms with Crippen molar-refractivity contribution in [1.29, 1.82) is 0 Å². The molecule has 1 aliphatic heterocycles. The molecule has 1 fully saturated rings. The third-order valence-corrected chi connectivity index (χ3v) is 3.66. The van der Waals surface area contributed by atoms with Gasteiger partial charge in [-0.3, -0.25) is 4.79 Å². The summed E-state index contributed by atoms with van der Waals surface area (Å²) in [4.78, 5) is 16.1. The van der Waals surface area contributed by atoms with Crippen molar-refractivity contribution < 1.29 is 4.79 Å². The summed E-state index contributed by atoms with van der Waals surface area (Å²) in [5.41, 5.74) is 5.86. The second-order valence-corrected chi connectivity index (χ2v) is 5.36. The molecule has 1 amide bonds. The Morgan fingerprint density at radius 2 is 2.06 bits per heavy atom. The lowest BCUT2D eigenvalue weighted by molar-refractivity contribution is -0.132. The van der Waals surface area contributed by atoms with Gasteiger partial charge < -0.3 is 15.5 Å². The van der Waals surface area contributed by atoms with Crippen molar-refractivity contribution in [2.24, 2.45) is 11.7 Å². The van der Waals surface area contributed by atoms with Gasteiger partial charge >= 0.3 is 0 Å². The van der Waals surface area contributed by atoms with Gasteiger partial charge in [-0.15, -0.1) is 0 Å². The predicted octanol–water partition coefficient (Wildman–Crippen LogP) is 0.914. The Bertz CT molecular complexity index is 237. The molecule has 0 aromatic heterocycles. The van der Waals surface area contributed by atoms with Gasteiger partial charge in [-0.1, -0.05) is 13.3 Å². The molecule has 1 rings (SSSR count). The van der Waals surface area contributed by atoms with E-state index in [2.05, 4.69) is 18.9 Å². The van der Waals surface area contributed by atoms with Crippen LogP contribution in [0.25, 0.3) is 0 Å². The molecule has 1 heterocycles. The lowest BCUT2D eigenvalue weighted by Gasteiger charge is -2.32. The Morgan fingerprint density at radius 1 is 1.47 bits per heavy atom. The van der Waals surface area contributed by atoms with Gasteiger partial charge in [0.15, 0.2) is 0 Å². The first-order valence-corrected chi connectivity index (χ1v) is 6.73. The van der Waals surface area contributed by atoms with Crippen molar-refractivity contribution in [3.05, 3.63) is 0 Å². The fourth-order valence-electron chi connectivity index (χ4n) is 2.44. The minimum atomic E-state index is -0.309. The number of likely N-dealkylation sites (N-methyl/N-ethyl adjacent to an activating group) is 1. The fraction of sp³-hybridized carbons (Fsp3) is 0.923. The smallest absolute Gasteiger partial charge is 0.239 e. The van der Waals surface area contributed by atoms with Crippen molar-refractivity contribution >= 4 is 5.91 Å². The monoisotopic (exact) mass is 241 g/mol. The highest BCUT2D eigenvalue weighted by Crippen LogP contribution is 2.17. The Kier molecular flexibility index (Phi) is 5.92. The van der Waals surface area contributed by atoms with Crippen molar-refractivity contribution in [3.63, 3.8) is 0 Å². The quantitative estimate of drug-likeness (QED) is 0.778. The molecule has 100 valence electrons. The largest absolute Gasteiger partial charge is 0.344 e. The molecule has 0 spiro atoms. The first kappa shape index (κ1) is 14.5. The standard InChI is InChI=1S/C13H27N3O/c1-4-5-12(14)13(17)16(3)10-11-6-8-15(2)9-7-11/h11-12H,4-10,14H2,1-3H3. The van der Waals surface area contributed by atoms with E-state index in [1.54, 1.807) is 0 Å². The number of rotatable bonds is 5. The molecule has 2 N–H and O–H groups in total. The molecule has 0 aromatic carbocycles. The molecule has 1 unspecified atom stereocenters. The van der Waals surface area contributed by atoms with Crippen LogP contribution >= 0.6 is 0 Å². The highest BCUT2D eigenvalue weighted by atomic mass is 16.2. The number of nitrogens with zero attached hydrogens (tertiary/aromatic N) is 2. The number of likely N-dealkylation sites (tertiary alicyclic amines) is 1. The number of hydrogen-bond acceptors (Lipinski definition) is 3. The summed E-state index contributed by atoms with van der Waals surface area (Å²) in [6, 6.07) is -0.309. The lowest BCUT2D eigenvalue weighted by Crippen LogP contribution is -2.45. The Hall–Kier alpha value is -0.610. The van der Waals surface area contributed by atoms with Crippen LogP contribution in [-0.2, 0) is 4.79 Å². The highest BCUT2D eigenvalue weighted by molar-refractivity contribution is 5.81. The second-order valence-electron chi connectivity index (χ2n) is 5.36. The molecule has 1 atom stereocenters. The number of carbonyl (C=O) groups is 1. The average molecular weight is 241 g/mol. The summed E-state index contributed by atoms with van der Waals surface area (Å²) in [7, 11) is 4.04. The van der Waals surface area contributed by atoms with Gasteiger partial charge in [-0.05, 0) is 45.3 Å². The molecule has 4 nitrogen and oxygen atoms in total. The van der Waals surface area contributed by atoms with E-state index in [-0.39, 0.29) is 11.9 Å². The van der Waals surface area contributed by atoms with E-state index >= 15 is 0 Å². The maximum Gasteiger partial charge on any atom is 0.239 e. The molecule has 1 saturated heterocycles. The van der Waals surface area contributed by atoms with E-state index in [0.717, 1.165) is 32.5 Å². The molecular weight excluding hydrogens is 214 g/mol. The minimum Gasteiger partial charge on any atom is -0.344 e. The van der Waals surface area contributed by atoms with Crippen LogP contribution in [0, 0.1) is 5.92 Å². The summed E-state index contributed by atoms with van der Waals surface area (Å²) in [5.74, 6) is 0.750. The second kappa shape index (κ2) is 6.97. The van der Waals surface area contributed by atoms with E-state index in [1.807, 2.05) is 11.9 Å². The topological polar surface area (TPSA) is 49.6 Å². The predicted molar refractivity (Wildman–Crippen MR) is 70.7 cm³/mol. The van der Waals surface area contributed by atoms with Crippen molar-refractivity contribution in [2.45, 2.75) is 38.6 Å². The van der Waals surface area contributed by atoms with E-state index in [0.29, 0.717) is 5.92 Å². The summed E-state index contributed by atoms with van der Waals surface area (Å²) < 4.78 is 0. The number of amides is 1. The van der Waals surface area contributed by atoms with E-state index < -0.39 is 0 Å². The molecule has 4 heteroatoms. The summed E-state index contributed by atoms with van der Waals surface area (Å²) in [6.45, 7) is 5.22. The molecule has 17 heavy (non-hydrogen) atoms. The van der Waals surface area contributed by atoms with Crippen molar-refractivity contribution in [1.82, 2.24) is 9.80 Å². The number of nitrogens with two attached hydrogens (primary N) is 1. The van der Waals surface area contributed by atoms with Gasteiger partial charge in [0.2, 0.25) is 5.91 Å². The van der Waals surface area contributed by atoms with E-state index in [9.17, 15) is 4.79 Å². The van der Waals surface area contributed by atoms with Crippen LogP contribution in [0.15, 0.2) is 0 Å². The van der Waals surface area contributed by atoms with Crippen molar-refractivity contribution in [3.8, 4) is 0 Å². The van der Waals surface area contributed by atoms with Crippen LogP contribution in [0.1, 0.15) is 32.6 Å². The summed E-state index contributed by atoms with van der Waals surface area (Å²) in [6.07, 6.45) is 4.14. The molecule has 0 radical (unpaired) electrons. The van der Waals surface area contributed by atoms with Crippen LogP contribution in [0.3, 0.4) is 0 Å². The fourth-order valence-corrected chi connectivity index (χ4v) is 2.44. The van der Waals surface area contributed by atoms with Crippen molar-refractivity contribution in [2.75, 3.05) is 33.7 Å². The molecular formula is C13H27N3O. The minimum absolute atomic E-state index is 0.103. The maximum atomic E-state index is 12.0. The third kappa shape index (κ3) is 4.64.